The van der Waals surface area contributed by atoms with Crippen LogP contribution in [0, 0.1) is 0 Å². The molecule has 3 N–H and O–H groups in total. The number of nitrogens with zero attached hydrogens (tertiary/aromatic N) is 2. The van der Waals surface area contributed by atoms with E-state index in [4.69, 9.17) is 21.8 Å². The Morgan fingerprint density at radius 1 is 1.40 bits per heavy atom. The quantitative estimate of drug-likeness (QED) is 0.889. The molecule has 2 aromatic rings. The van der Waals surface area contributed by atoms with Crippen LogP contribution in [-0.4, -0.2) is 10.2 Å². The van der Waals surface area contributed by atoms with E-state index in [9.17, 15) is 0 Å². The van der Waals surface area contributed by atoms with Crippen LogP contribution in [-0.2, 0) is 0 Å². The molecule has 1 heterocycles. The Balaban J connectivity index is 2.24. The molecule has 1 aromatic carbocycles. The number of hydrogen-bond donors (Lipinski definition) is 2. The molecule has 0 spiro atoms. The molecule has 5 nitrogen and oxygen atoms in total. The summed E-state index contributed by atoms with van der Waals surface area (Å²) in [7, 11) is 0. The van der Waals surface area contributed by atoms with Crippen LogP contribution in [0.2, 0.25) is 5.02 Å². The van der Waals surface area contributed by atoms with Gasteiger partial charge in [0, 0.05) is 4.47 Å². The van der Waals surface area contributed by atoms with E-state index in [0.717, 1.165) is 4.47 Å². The summed E-state index contributed by atoms with van der Waals surface area (Å²) in [4.78, 5) is 0. The third-order valence-corrected chi connectivity index (χ3v) is 2.42. The van der Waals surface area contributed by atoms with Crippen LogP contribution in [0.15, 0.2) is 27.1 Å². The van der Waals surface area contributed by atoms with Crippen molar-refractivity contribution in [1.29, 1.82) is 0 Å². The van der Waals surface area contributed by atoms with Gasteiger partial charge in [0.2, 0.25) is 0 Å². The summed E-state index contributed by atoms with van der Waals surface area (Å²) in [6.45, 7) is 0. The molecular weight excluding hydrogens is 283 g/mol. The summed E-state index contributed by atoms with van der Waals surface area (Å²) in [5, 5.41) is 10.5. The van der Waals surface area contributed by atoms with Crippen molar-refractivity contribution >= 4 is 45.2 Å². The third kappa shape index (κ3) is 2.40. The molecule has 0 aliphatic carbocycles. The number of nitrogens with one attached hydrogen (secondary N) is 1. The lowest BCUT2D eigenvalue weighted by atomic mass is 10.3. The fourth-order valence-electron chi connectivity index (χ4n) is 0.991. The molecule has 1 aromatic heterocycles. The second-order valence-corrected chi connectivity index (χ2v) is 4.02. The SMILES string of the molecule is Nc1nnc(Nc2ccc(Br)cc2Cl)o1. The Bertz CT molecular complexity index is 487. The molecule has 7 heteroatoms. The van der Waals surface area contributed by atoms with Gasteiger partial charge in [-0.3, -0.25) is 0 Å². The van der Waals surface area contributed by atoms with E-state index < -0.39 is 0 Å². The molecule has 0 aliphatic rings. The first-order chi connectivity index (χ1) is 7.15. The second kappa shape index (κ2) is 4.08. The molecule has 2 rings (SSSR count). The smallest absolute Gasteiger partial charge is 0.321 e. The minimum absolute atomic E-state index is 0.00531. The monoisotopic (exact) mass is 288 g/mol. The number of nitrogen functional groups attached to an aromatic ring is 1. The van der Waals surface area contributed by atoms with E-state index in [1.807, 2.05) is 6.07 Å². The van der Waals surface area contributed by atoms with Gasteiger partial charge < -0.3 is 15.5 Å². The minimum atomic E-state index is 0.00531. The maximum absolute atomic E-state index is 5.97. The first-order valence-corrected chi connectivity index (χ1v) is 5.13. The number of aromatic nitrogens is 2. The van der Waals surface area contributed by atoms with Gasteiger partial charge in [-0.25, -0.2) is 0 Å². The zero-order valence-corrected chi connectivity index (χ0v) is 9.71. The zero-order chi connectivity index (χ0) is 10.8. The normalized spacial score (nSPS) is 10.3. The number of nitrogens with two attached hydrogens (primary N) is 1. The van der Waals surface area contributed by atoms with E-state index in [1.54, 1.807) is 12.1 Å². The van der Waals surface area contributed by atoms with E-state index >= 15 is 0 Å². The molecule has 78 valence electrons. The maximum Gasteiger partial charge on any atom is 0.321 e. The predicted molar refractivity (Wildman–Crippen MR) is 61.1 cm³/mol. The molecule has 0 saturated carbocycles. The summed E-state index contributed by atoms with van der Waals surface area (Å²) in [6, 6.07) is 5.59. The van der Waals surface area contributed by atoms with Gasteiger partial charge in [0.15, 0.2) is 0 Å². The summed E-state index contributed by atoms with van der Waals surface area (Å²) < 4.78 is 5.84. The summed E-state index contributed by atoms with van der Waals surface area (Å²) >= 11 is 9.27. The first kappa shape index (κ1) is 10.3. The molecule has 0 saturated heterocycles. The maximum atomic E-state index is 5.97. The lowest BCUT2D eigenvalue weighted by Gasteiger charge is -2.03. The number of benzene rings is 1. The van der Waals surface area contributed by atoms with E-state index in [2.05, 4.69) is 31.4 Å². The van der Waals surface area contributed by atoms with Crippen molar-refractivity contribution in [2.24, 2.45) is 0 Å². The first-order valence-electron chi connectivity index (χ1n) is 3.96. The fourth-order valence-corrected chi connectivity index (χ4v) is 1.71. The molecule has 15 heavy (non-hydrogen) atoms. The standard InChI is InChI=1S/C8H6BrClN4O/c9-4-1-2-6(5(10)3-4)12-8-14-13-7(11)15-8/h1-3H,(H2,11,13)(H,12,14). The average molecular weight is 290 g/mol. The summed E-state index contributed by atoms with van der Waals surface area (Å²) in [6.07, 6.45) is 0. The van der Waals surface area contributed by atoms with E-state index in [0.29, 0.717) is 10.7 Å². The number of halogens is 2. The molecule has 0 amide bonds. The van der Waals surface area contributed by atoms with Crippen LogP contribution >= 0.6 is 27.5 Å². The van der Waals surface area contributed by atoms with Crippen LogP contribution in [0.4, 0.5) is 17.7 Å². The molecule has 0 bridgehead atoms. The van der Waals surface area contributed by atoms with Crippen molar-refractivity contribution in [2.75, 3.05) is 11.1 Å². The Kier molecular flexibility index (Phi) is 2.79. The van der Waals surface area contributed by atoms with Gasteiger partial charge >= 0.3 is 12.0 Å². The average Bonchev–Trinajstić information content (AvgIpc) is 2.56. The Morgan fingerprint density at radius 3 is 2.80 bits per heavy atom. The van der Waals surface area contributed by atoms with Crippen LogP contribution in [0.3, 0.4) is 0 Å². The number of rotatable bonds is 2. The molecular formula is C8H6BrClN4O. The van der Waals surface area contributed by atoms with Crippen molar-refractivity contribution in [2.45, 2.75) is 0 Å². The lowest BCUT2D eigenvalue weighted by molar-refractivity contribution is 0.593. The van der Waals surface area contributed by atoms with Crippen molar-refractivity contribution < 1.29 is 4.42 Å². The second-order valence-electron chi connectivity index (χ2n) is 2.69. The van der Waals surface area contributed by atoms with Gasteiger partial charge in [0.1, 0.15) is 0 Å². The highest BCUT2D eigenvalue weighted by Crippen LogP contribution is 2.27. The van der Waals surface area contributed by atoms with Crippen molar-refractivity contribution in [3.63, 3.8) is 0 Å². The predicted octanol–water partition coefficient (Wildman–Crippen LogP) is 2.81. The van der Waals surface area contributed by atoms with Crippen LogP contribution in [0.1, 0.15) is 0 Å². The van der Waals surface area contributed by atoms with Gasteiger partial charge in [-0.05, 0) is 18.2 Å². The Morgan fingerprint density at radius 2 is 2.20 bits per heavy atom. The van der Waals surface area contributed by atoms with Crippen LogP contribution < -0.4 is 11.1 Å². The Hall–Kier alpha value is -1.27. The fraction of sp³-hybridized carbons (Fsp3) is 0. The largest absolute Gasteiger partial charge is 0.389 e. The van der Waals surface area contributed by atoms with Gasteiger partial charge in [-0.1, -0.05) is 37.7 Å². The van der Waals surface area contributed by atoms with Crippen molar-refractivity contribution in [3.8, 4) is 0 Å². The van der Waals surface area contributed by atoms with Gasteiger partial charge in [-0.2, -0.15) is 0 Å². The Labute approximate surface area is 98.8 Å². The number of hydrogen-bond acceptors (Lipinski definition) is 5. The molecule has 0 unspecified atom stereocenters. The molecule has 0 atom stereocenters. The van der Waals surface area contributed by atoms with E-state index in [1.165, 1.54) is 0 Å². The topological polar surface area (TPSA) is 77.0 Å². The third-order valence-electron chi connectivity index (χ3n) is 1.61. The zero-order valence-electron chi connectivity index (χ0n) is 7.37. The van der Waals surface area contributed by atoms with Gasteiger partial charge in [0.25, 0.3) is 0 Å². The van der Waals surface area contributed by atoms with Crippen molar-refractivity contribution in [3.05, 3.63) is 27.7 Å². The van der Waals surface area contributed by atoms with Crippen LogP contribution in [0.25, 0.3) is 0 Å². The van der Waals surface area contributed by atoms with Gasteiger partial charge in [0.05, 0.1) is 10.7 Å². The summed E-state index contributed by atoms with van der Waals surface area (Å²) in [5.74, 6) is 0. The highest BCUT2D eigenvalue weighted by Gasteiger charge is 2.06. The highest BCUT2D eigenvalue weighted by atomic mass is 79.9. The minimum Gasteiger partial charge on any atom is -0.389 e. The van der Waals surface area contributed by atoms with Gasteiger partial charge in [-0.15, -0.1) is 0 Å². The number of anilines is 3. The summed E-state index contributed by atoms with van der Waals surface area (Å²) in [5.41, 5.74) is 5.94. The molecule has 0 aliphatic heterocycles. The highest BCUT2D eigenvalue weighted by molar-refractivity contribution is 9.10. The van der Waals surface area contributed by atoms with Crippen molar-refractivity contribution in [1.82, 2.24) is 10.2 Å². The molecule has 0 radical (unpaired) electrons. The molecule has 0 fully saturated rings. The lowest BCUT2D eigenvalue weighted by Crippen LogP contribution is -1.91. The van der Waals surface area contributed by atoms with E-state index in [-0.39, 0.29) is 12.0 Å². The van der Waals surface area contributed by atoms with Crippen LogP contribution in [0.5, 0.6) is 0 Å².